The van der Waals surface area contributed by atoms with Gasteiger partial charge in [-0.15, -0.1) is 0 Å². The van der Waals surface area contributed by atoms with E-state index in [0.29, 0.717) is 30.0 Å². The third kappa shape index (κ3) is 7.80. The van der Waals surface area contributed by atoms with E-state index in [9.17, 15) is 19.5 Å². The Balaban J connectivity index is 1.48. The van der Waals surface area contributed by atoms with E-state index in [4.69, 9.17) is 4.98 Å². The summed E-state index contributed by atoms with van der Waals surface area (Å²) in [6.45, 7) is 8.86. The van der Waals surface area contributed by atoms with Gasteiger partial charge in [0.05, 0.1) is 21.8 Å². The highest BCUT2D eigenvalue weighted by atomic mass is 32.2. The van der Waals surface area contributed by atoms with Crippen molar-refractivity contribution in [2.75, 3.05) is 0 Å². The summed E-state index contributed by atoms with van der Waals surface area (Å²) in [4.78, 5) is 46.5. The van der Waals surface area contributed by atoms with Gasteiger partial charge in [-0.25, -0.2) is 9.78 Å². The number of thioether (sulfide) groups is 1. The molecule has 2 atom stereocenters. The zero-order valence-electron chi connectivity index (χ0n) is 27.1. The first-order valence-electron chi connectivity index (χ1n) is 15.9. The van der Waals surface area contributed by atoms with Crippen molar-refractivity contribution in [1.82, 2.24) is 19.9 Å². The molecule has 47 heavy (non-hydrogen) atoms. The largest absolute Gasteiger partial charge is 0.478 e. The standard InChI is InChI=1S/C38H40N4O4S/c1-5-8-34-41-35-25(4)20-29(37(44)40-32(19-24(2)3)36(47-23-43)28-15-17-39-18-16-28)21-33(35)42(34)22-26-11-13-27(14-12-26)30-9-6-7-10-31(30)38(45)46/h6-7,9-18,20-21,23-24,32,36H,5,8,19,22H2,1-4H3,(H,40,44)(H,45,46)/t32-,36?/m1/s1. The first-order chi connectivity index (χ1) is 22.7. The molecule has 0 aliphatic heterocycles. The zero-order chi connectivity index (χ0) is 33.5. The summed E-state index contributed by atoms with van der Waals surface area (Å²) in [5, 5.41) is 12.7. The number of amides is 1. The van der Waals surface area contributed by atoms with E-state index in [1.54, 1.807) is 24.5 Å². The molecule has 2 aromatic heterocycles. The number of carbonyl (C=O) groups is 3. The van der Waals surface area contributed by atoms with Gasteiger partial charge in [-0.1, -0.05) is 75.0 Å². The van der Waals surface area contributed by atoms with Gasteiger partial charge in [-0.05, 0) is 83.8 Å². The van der Waals surface area contributed by atoms with Crippen molar-refractivity contribution in [3.8, 4) is 11.1 Å². The lowest BCUT2D eigenvalue weighted by molar-refractivity contribution is 0.0697. The number of hydrogen-bond donors (Lipinski definition) is 2. The van der Waals surface area contributed by atoms with E-state index in [1.165, 1.54) is 11.8 Å². The number of pyridine rings is 1. The van der Waals surface area contributed by atoms with Gasteiger partial charge in [0, 0.05) is 37.0 Å². The second-order valence-electron chi connectivity index (χ2n) is 12.2. The molecule has 242 valence electrons. The number of benzene rings is 3. The fourth-order valence-corrected chi connectivity index (χ4v) is 6.90. The molecule has 0 aliphatic carbocycles. The number of nitrogens with one attached hydrogen (secondary N) is 1. The highest BCUT2D eigenvalue weighted by molar-refractivity contribution is 8.12. The van der Waals surface area contributed by atoms with Crippen molar-refractivity contribution >= 4 is 40.3 Å². The van der Waals surface area contributed by atoms with E-state index in [1.807, 2.05) is 67.6 Å². The Morgan fingerprint density at radius 1 is 1.02 bits per heavy atom. The van der Waals surface area contributed by atoms with Gasteiger partial charge in [0.2, 0.25) is 0 Å². The number of rotatable bonds is 14. The Labute approximate surface area is 279 Å². The Hall–Kier alpha value is -4.76. The molecule has 0 aliphatic rings. The normalized spacial score (nSPS) is 12.6. The van der Waals surface area contributed by atoms with Crippen molar-refractivity contribution in [2.24, 2.45) is 5.92 Å². The lowest BCUT2D eigenvalue weighted by Crippen LogP contribution is -2.39. The van der Waals surface area contributed by atoms with E-state index in [-0.39, 0.29) is 22.8 Å². The number of fused-ring (bicyclic) bond motifs is 1. The Morgan fingerprint density at radius 3 is 2.40 bits per heavy atom. The molecule has 1 unspecified atom stereocenters. The number of carboxylic acids is 1. The molecule has 0 radical (unpaired) electrons. The number of aromatic nitrogens is 3. The molecule has 0 bridgehead atoms. The van der Waals surface area contributed by atoms with Gasteiger partial charge >= 0.3 is 5.97 Å². The number of imidazole rings is 1. The predicted octanol–water partition coefficient (Wildman–Crippen LogP) is 7.91. The molecule has 0 saturated heterocycles. The van der Waals surface area contributed by atoms with Crippen molar-refractivity contribution in [1.29, 1.82) is 0 Å². The summed E-state index contributed by atoms with van der Waals surface area (Å²) in [5.74, 6) is 0.0849. The lowest BCUT2D eigenvalue weighted by atomic mass is 9.96. The average Bonchev–Trinajstić information content (AvgIpc) is 3.41. The van der Waals surface area contributed by atoms with E-state index in [0.717, 1.165) is 57.6 Å². The zero-order valence-corrected chi connectivity index (χ0v) is 28.0. The van der Waals surface area contributed by atoms with Gasteiger partial charge in [0.15, 0.2) is 5.62 Å². The average molecular weight is 649 g/mol. The van der Waals surface area contributed by atoms with Crippen LogP contribution in [0.2, 0.25) is 0 Å². The van der Waals surface area contributed by atoms with Crippen LogP contribution >= 0.6 is 11.8 Å². The van der Waals surface area contributed by atoms with E-state index in [2.05, 4.69) is 35.6 Å². The molecule has 0 spiro atoms. The van der Waals surface area contributed by atoms with Crippen molar-refractivity contribution in [2.45, 2.75) is 64.8 Å². The maximum Gasteiger partial charge on any atom is 0.336 e. The molecule has 2 heterocycles. The summed E-state index contributed by atoms with van der Waals surface area (Å²) >= 11 is 1.17. The Morgan fingerprint density at radius 2 is 1.74 bits per heavy atom. The van der Waals surface area contributed by atoms with Crippen molar-refractivity contribution in [3.05, 3.63) is 119 Å². The van der Waals surface area contributed by atoms with Crippen LogP contribution in [0.4, 0.5) is 0 Å². The third-order valence-corrected chi connectivity index (χ3v) is 9.27. The van der Waals surface area contributed by atoms with Gasteiger partial charge in [0.25, 0.3) is 5.91 Å². The maximum atomic E-state index is 13.9. The number of carbonyl (C=O) groups excluding carboxylic acids is 2. The van der Waals surface area contributed by atoms with Crippen LogP contribution in [0.1, 0.15) is 82.1 Å². The van der Waals surface area contributed by atoms with Crippen molar-refractivity contribution < 1.29 is 19.5 Å². The van der Waals surface area contributed by atoms with Gasteiger partial charge < -0.3 is 15.0 Å². The van der Waals surface area contributed by atoms with Crippen LogP contribution in [-0.4, -0.2) is 43.2 Å². The predicted molar refractivity (Wildman–Crippen MR) is 188 cm³/mol. The molecule has 2 N–H and O–H groups in total. The van der Waals surface area contributed by atoms with Crippen LogP contribution in [0.15, 0.2) is 85.2 Å². The van der Waals surface area contributed by atoms with Crippen LogP contribution in [0.3, 0.4) is 0 Å². The highest BCUT2D eigenvalue weighted by Gasteiger charge is 2.27. The molecular weight excluding hydrogens is 609 g/mol. The van der Waals surface area contributed by atoms with Gasteiger partial charge in [-0.3, -0.25) is 14.6 Å². The molecule has 0 fully saturated rings. The maximum absolute atomic E-state index is 13.9. The fourth-order valence-electron chi connectivity index (χ4n) is 6.09. The smallest absolute Gasteiger partial charge is 0.336 e. The molecule has 8 nitrogen and oxygen atoms in total. The van der Waals surface area contributed by atoms with E-state index >= 15 is 0 Å². The number of nitrogens with zero attached hydrogens (tertiary/aromatic N) is 3. The third-order valence-electron chi connectivity index (χ3n) is 8.27. The molecule has 5 rings (SSSR count). The number of carboxylic acid groups (broad SMARTS) is 1. The van der Waals surface area contributed by atoms with Crippen LogP contribution in [0.25, 0.3) is 22.2 Å². The number of aromatic carboxylic acids is 1. The molecule has 1 amide bonds. The minimum Gasteiger partial charge on any atom is -0.478 e. The van der Waals surface area contributed by atoms with Crippen molar-refractivity contribution in [3.63, 3.8) is 0 Å². The second kappa shape index (κ2) is 15.2. The Kier molecular flexibility index (Phi) is 10.9. The number of aryl methyl sites for hydroxylation is 2. The first-order valence-corrected chi connectivity index (χ1v) is 16.9. The van der Waals surface area contributed by atoms with Gasteiger partial charge in [-0.2, -0.15) is 0 Å². The summed E-state index contributed by atoms with van der Waals surface area (Å²) in [5.41, 5.74) is 7.78. The van der Waals surface area contributed by atoms with Crippen LogP contribution < -0.4 is 5.32 Å². The van der Waals surface area contributed by atoms with Crippen LogP contribution in [0, 0.1) is 12.8 Å². The lowest BCUT2D eigenvalue weighted by Gasteiger charge is -2.28. The molecule has 0 saturated carbocycles. The summed E-state index contributed by atoms with van der Waals surface area (Å²) in [7, 11) is 0. The minimum atomic E-state index is -0.958. The summed E-state index contributed by atoms with van der Waals surface area (Å²) in [6, 6.07) is 22.2. The van der Waals surface area contributed by atoms with Gasteiger partial charge in [0.1, 0.15) is 5.82 Å². The SMILES string of the molecule is CCCc1nc2c(C)cc(C(=O)N[C@H](CC(C)C)C(SC=O)c3ccncc3)cc2n1Cc1ccc(-c2ccccc2C(=O)O)cc1. The highest BCUT2D eigenvalue weighted by Crippen LogP contribution is 2.34. The van der Waals surface area contributed by atoms with Crippen LogP contribution in [-0.2, 0) is 17.8 Å². The topological polar surface area (TPSA) is 114 Å². The quantitative estimate of drug-likeness (QED) is 0.118. The van der Waals surface area contributed by atoms with E-state index < -0.39 is 5.97 Å². The van der Waals surface area contributed by atoms with Crippen LogP contribution in [0.5, 0.6) is 0 Å². The summed E-state index contributed by atoms with van der Waals surface area (Å²) in [6.07, 6.45) is 5.81. The number of hydrogen-bond acceptors (Lipinski definition) is 6. The molecular formula is C38H40N4O4S. The molecule has 3 aromatic carbocycles. The second-order valence-corrected chi connectivity index (χ2v) is 13.2. The summed E-state index contributed by atoms with van der Waals surface area (Å²) < 4.78 is 2.18. The Bertz CT molecular complexity index is 1870. The monoisotopic (exact) mass is 648 g/mol. The first kappa shape index (κ1) is 33.6. The fraction of sp³-hybridized carbons (Fsp3) is 0.289. The molecule has 9 heteroatoms. The minimum absolute atomic E-state index is 0.197. The molecule has 5 aromatic rings.